The summed E-state index contributed by atoms with van der Waals surface area (Å²) < 4.78 is 0. The molecule has 3 heterocycles. The Hall–Kier alpha value is -2.73. The van der Waals surface area contributed by atoms with Gasteiger partial charge in [-0.3, -0.25) is 4.98 Å². The molecule has 0 bridgehead atoms. The number of anilines is 2. The second-order valence-electron chi connectivity index (χ2n) is 8.27. The Kier molecular flexibility index (Phi) is 4.79. The molecule has 0 unspecified atom stereocenters. The maximum atomic E-state index is 4.79. The molecule has 6 heteroatoms. The van der Waals surface area contributed by atoms with Crippen molar-refractivity contribution < 1.29 is 0 Å². The van der Waals surface area contributed by atoms with E-state index < -0.39 is 0 Å². The first-order valence-corrected chi connectivity index (χ1v) is 10.6. The number of hydrogen-bond acceptors (Lipinski definition) is 6. The number of piperazine rings is 1. The maximum Gasteiger partial charge on any atom is 0.132 e. The van der Waals surface area contributed by atoms with Crippen molar-refractivity contribution in [3.05, 3.63) is 54.1 Å². The van der Waals surface area contributed by atoms with E-state index in [-0.39, 0.29) is 0 Å². The van der Waals surface area contributed by atoms with Crippen molar-refractivity contribution in [3.63, 3.8) is 0 Å². The van der Waals surface area contributed by atoms with Crippen LogP contribution in [0.1, 0.15) is 24.4 Å². The first-order chi connectivity index (χ1) is 14.2. The quantitative estimate of drug-likeness (QED) is 0.669. The van der Waals surface area contributed by atoms with Crippen LogP contribution in [0.15, 0.2) is 42.6 Å². The fourth-order valence-corrected chi connectivity index (χ4v) is 4.18. The lowest BCUT2D eigenvalue weighted by molar-refractivity contribution is 0.312. The van der Waals surface area contributed by atoms with Crippen molar-refractivity contribution in [1.82, 2.24) is 19.9 Å². The van der Waals surface area contributed by atoms with Crippen LogP contribution in [0.25, 0.3) is 10.9 Å². The van der Waals surface area contributed by atoms with E-state index in [0.717, 1.165) is 55.6 Å². The van der Waals surface area contributed by atoms with E-state index in [1.165, 1.54) is 23.9 Å². The second kappa shape index (κ2) is 7.59. The smallest absolute Gasteiger partial charge is 0.132 e. The van der Waals surface area contributed by atoms with Gasteiger partial charge < -0.3 is 14.7 Å². The third-order valence-electron chi connectivity index (χ3n) is 5.95. The van der Waals surface area contributed by atoms with Crippen LogP contribution >= 0.6 is 0 Å². The van der Waals surface area contributed by atoms with Crippen LogP contribution in [0.5, 0.6) is 0 Å². The number of aryl methyl sites for hydroxylation is 1. The van der Waals surface area contributed by atoms with Crippen LogP contribution in [0.3, 0.4) is 0 Å². The third kappa shape index (κ3) is 3.90. The standard InChI is InChI=1S/C23H28N6/c1-17-25-19(15-22(26-17)28-13-11-27(2)12-14-28)16-29(20-8-9-20)21-7-3-5-18-6-4-10-24-23(18)21/h3-7,10,15,20H,8-9,11-14,16H2,1-2H3. The highest BCUT2D eigenvalue weighted by Gasteiger charge is 2.31. The Bertz CT molecular complexity index is 1000. The number of para-hydroxylation sites is 1. The fraction of sp³-hybridized carbons (Fsp3) is 0.435. The Balaban J connectivity index is 1.46. The molecule has 2 fully saturated rings. The summed E-state index contributed by atoms with van der Waals surface area (Å²) in [5, 5.41) is 1.19. The van der Waals surface area contributed by atoms with Crippen molar-refractivity contribution in [2.45, 2.75) is 32.4 Å². The zero-order valence-electron chi connectivity index (χ0n) is 17.3. The highest BCUT2D eigenvalue weighted by molar-refractivity contribution is 5.90. The number of aromatic nitrogens is 3. The SMILES string of the molecule is Cc1nc(CN(c2cccc3cccnc23)C2CC2)cc(N2CCN(C)CC2)n1. The highest BCUT2D eigenvalue weighted by atomic mass is 15.3. The van der Waals surface area contributed by atoms with Gasteiger partial charge >= 0.3 is 0 Å². The van der Waals surface area contributed by atoms with E-state index in [1.807, 2.05) is 19.2 Å². The van der Waals surface area contributed by atoms with Crippen molar-refractivity contribution >= 4 is 22.4 Å². The van der Waals surface area contributed by atoms with Crippen molar-refractivity contribution in [2.24, 2.45) is 0 Å². The molecule has 1 aromatic carbocycles. The molecular formula is C23H28N6. The summed E-state index contributed by atoms with van der Waals surface area (Å²) in [6, 6.07) is 13.4. The summed E-state index contributed by atoms with van der Waals surface area (Å²) in [6.45, 7) is 6.99. The van der Waals surface area contributed by atoms with Gasteiger partial charge in [-0.2, -0.15) is 0 Å². The number of rotatable bonds is 5. The van der Waals surface area contributed by atoms with Crippen LogP contribution in [0, 0.1) is 6.92 Å². The molecule has 1 saturated heterocycles. The lowest BCUT2D eigenvalue weighted by Gasteiger charge is -2.33. The molecule has 29 heavy (non-hydrogen) atoms. The zero-order chi connectivity index (χ0) is 19.8. The molecule has 0 N–H and O–H groups in total. The topological polar surface area (TPSA) is 48.4 Å². The van der Waals surface area contributed by atoms with Crippen LogP contribution < -0.4 is 9.80 Å². The van der Waals surface area contributed by atoms with Crippen LogP contribution in [-0.4, -0.2) is 59.1 Å². The molecule has 1 saturated carbocycles. The van der Waals surface area contributed by atoms with Gasteiger partial charge in [0.1, 0.15) is 11.6 Å². The monoisotopic (exact) mass is 388 g/mol. The average Bonchev–Trinajstić information content (AvgIpc) is 3.57. The molecule has 3 aromatic rings. The molecule has 2 aliphatic rings. The number of pyridine rings is 1. The van der Waals surface area contributed by atoms with Gasteiger partial charge in [0.2, 0.25) is 0 Å². The van der Waals surface area contributed by atoms with Gasteiger partial charge in [-0.15, -0.1) is 0 Å². The van der Waals surface area contributed by atoms with Gasteiger partial charge in [0, 0.05) is 49.9 Å². The minimum atomic E-state index is 0.574. The van der Waals surface area contributed by atoms with Gasteiger partial charge in [0.15, 0.2) is 0 Å². The number of hydrogen-bond donors (Lipinski definition) is 0. The molecular weight excluding hydrogens is 360 g/mol. The Labute approximate surface area is 172 Å². The molecule has 5 rings (SSSR count). The predicted molar refractivity (Wildman–Crippen MR) is 117 cm³/mol. The molecule has 1 aliphatic carbocycles. The number of fused-ring (bicyclic) bond motifs is 1. The van der Waals surface area contributed by atoms with Crippen molar-refractivity contribution in [2.75, 3.05) is 43.0 Å². The van der Waals surface area contributed by atoms with Crippen LogP contribution in [0.2, 0.25) is 0 Å². The molecule has 0 radical (unpaired) electrons. The summed E-state index contributed by atoms with van der Waals surface area (Å²) in [7, 11) is 2.18. The largest absolute Gasteiger partial charge is 0.361 e. The number of benzene rings is 1. The molecule has 0 amide bonds. The van der Waals surface area contributed by atoms with Gasteiger partial charge in [-0.25, -0.2) is 9.97 Å². The molecule has 2 aromatic heterocycles. The zero-order valence-corrected chi connectivity index (χ0v) is 17.3. The molecule has 6 nitrogen and oxygen atoms in total. The van der Waals surface area contributed by atoms with Crippen molar-refractivity contribution in [3.8, 4) is 0 Å². The highest BCUT2D eigenvalue weighted by Crippen LogP contribution is 2.36. The Morgan fingerprint density at radius 3 is 2.62 bits per heavy atom. The van der Waals surface area contributed by atoms with E-state index in [0.29, 0.717) is 6.04 Å². The second-order valence-corrected chi connectivity index (χ2v) is 8.27. The normalized spacial score (nSPS) is 17.7. The summed E-state index contributed by atoms with van der Waals surface area (Å²) in [6.07, 6.45) is 4.36. The summed E-state index contributed by atoms with van der Waals surface area (Å²) >= 11 is 0. The van der Waals surface area contributed by atoms with Crippen molar-refractivity contribution in [1.29, 1.82) is 0 Å². The Morgan fingerprint density at radius 1 is 1.03 bits per heavy atom. The fourth-order valence-electron chi connectivity index (χ4n) is 4.18. The summed E-state index contributed by atoms with van der Waals surface area (Å²) in [5.74, 6) is 1.91. The maximum absolute atomic E-state index is 4.79. The molecule has 150 valence electrons. The van der Waals surface area contributed by atoms with Crippen LogP contribution in [0.4, 0.5) is 11.5 Å². The Morgan fingerprint density at radius 2 is 1.83 bits per heavy atom. The van der Waals surface area contributed by atoms with Gasteiger partial charge in [-0.05, 0) is 38.9 Å². The predicted octanol–water partition coefficient (Wildman–Crippen LogP) is 3.25. The van der Waals surface area contributed by atoms with E-state index in [1.54, 1.807) is 0 Å². The van der Waals surface area contributed by atoms with E-state index in [9.17, 15) is 0 Å². The van der Waals surface area contributed by atoms with Gasteiger partial charge in [0.05, 0.1) is 23.4 Å². The minimum absolute atomic E-state index is 0.574. The third-order valence-corrected chi connectivity index (χ3v) is 5.95. The number of nitrogens with zero attached hydrogens (tertiary/aromatic N) is 6. The molecule has 0 spiro atoms. The average molecular weight is 389 g/mol. The van der Waals surface area contributed by atoms with E-state index in [4.69, 9.17) is 9.97 Å². The van der Waals surface area contributed by atoms with E-state index >= 15 is 0 Å². The van der Waals surface area contributed by atoms with Gasteiger partial charge in [-0.1, -0.05) is 18.2 Å². The molecule has 0 atom stereocenters. The molecule has 1 aliphatic heterocycles. The lowest BCUT2D eigenvalue weighted by Crippen LogP contribution is -2.45. The first kappa shape index (κ1) is 18.3. The van der Waals surface area contributed by atoms with Crippen LogP contribution in [-0.2, 0) is 6.54 Å². The summed E-state index contributed by atoms with van der Waals surface area (Å²) in [4.78, 5) is 21.5. The van der Waals surface area contributed by atoms with Gasteiger partial charge in [0.25, 0.3) is 0 Å². The van der Waals surface area contributed by atoms with E-state index in [2.05, 4.69) is 57.1 Å². The lowest BCUT2D eigenvalue weighted by atomic mass is 10.1. The first-order valence-electron chi connectivity index (χ1n) is 10.6. The number of likely N-dealkylation sites (N-methyl/N-ethyl adjacent to an activating group) is 1. The summed E-state index contributed by atoms with van der Waals surface area (Å²) in [5.41, 5.74) is 3.38. The minimum Gasteiger partial charge on any atom is -0.361 e.